The third kappa shape index (κ3) is 3.66. The van der Waals surface area contributed by atoms with Crippen molar-refractivity contribution >= 4 is 5.95 Å². The highest BCUT2D eigenvalue weighted by molar-refractivity contribution is 5.22. The molecule has 1 heterocycles. The molecular formula is C9H14FN3O. The SMILES string of the molecule is COCC(C)CNc1ncc(F)cn1. The summed E-state index contributed by atoms with van der Waals surface area (Å²) in [6, 6.07) is 0. The van der Waals surface area contributed by atoms with Gasteiger partial charge in [-0.1, -0.05) is 6.92 Å². The van der Waals surface area contributed by atoms with Gasteiger partial charge < -0.3 is 10.1 Å². The van der Waals surface area contributed by atoms with Gasteiger partial charge in [-0.25, -0.2) is 14.4 Å². The van der Waals surface area contributed by atoms with E-state index in [-0.39, 0.29) is 0 Å². The van der Waals surface area contributed by atoms with E-state index in [1.54, 1.807) is 7.11 Å². The fourth-order valence-electron chi connectivity index (χ4n) is 1.01. The minimum atomic E-state index is -0.430. The quantitative estimate of drug-likeness (QED) is 0.776. The molecule has 0 aliphatic heterocycles. The molecule has 0 saturated heterocycles. The summed E-state index contributed by atoms with van der Waals surface area (Å²) in [6.45, 7) is 3.42. The van der Waals surface area contributed by atoms with Crippen LogP contribution < -0.4 is 5.32 Å². The topological polar surface area (TPSA) is 47.0 Å². The number of anilines is 1. The molecule has 0 amide bonds. The van der Waals surface area contributed by atoms with Crippen LogP contribution in [0.1, 0.15) is 6.92 Å². The molecule has 1 rings (SSSR count). The maximum absolute atomic E-state index is 12.4. The van der Waals surface area contributed by atoms with Crippen LogP contribution in [0.3, 0.4) is 0 Å². The lowest BCUT2D eigenvalue weighted by atomic mass is 10.2. The van der Waals surface area contributed by atoms with Gasteiger partial charge in [-0.2, -0.15) is 0 Å². The highest BCUT2D eigenvalue weighted by atomic mass is 19.1. The number of ether oxygens (including phenoxy) is 1. The second-order valence-electron chi connectivity index (χ2n) is 3.17. The molecule has 0 bridgehead atoms. The maximum atomic E-state index is 12.4. The van der Waals surface area contributed by atoms with E-state index in [1.165, 1.54) is 0 Å². The van der Waals surface area contributed by atoms with E-state index in [0.29, 0.717) is 25.0 Å². The van der Waals surface area contributed by atoms with E-state index >= 15 is 0 Å². The summed E-state index contributed by atoms with van der Waals surface area (Å²) in [5.41, 5.74) is 0. The van der Waals surface area contributed by atoms with E-state index in [4.69, 9.17) is 4.74 Å². The largest absolute Gasteiger partial charge is 0.384 e. The Kier molecular flexibility index (Phi) is 4.25. The molecule has 1 N–H and O–H groups in total. The van der Waals surface area contributed by atoms with Crippen LogP contribution in [0.25, 0.3) is 0 Å². The molecule has 0 aliphatic carbocycles. The van der Waals surface area contributed by atoms with Gasteiger partial charge in [0.05, 0.1) is 19.0 Å². The van der Waals surface area contributed by atoms with Crippen LogP contribution in [0.5, 0.6) is 0 Å². The van der Waals surface area contributed by atoms with Crippen LogP contribution in [0.15, 0.2) is 12.4 Å². The highest BCUT2D eigenvalue weighted by Gasteiger charge is 2.02. The first-order valence-corrected chi connectivity index (χ1v) is 4.42. The molecule has 78 valence electrons. The van der Waals surface area contributed by atoms with Crippen LogP contribution in [-0.4, -0.2) is 30.2 Å². The number of methoxy groups -OCH3 is 1. The molecular weight excluding hydrogens is 185 g/mol. The minimum absolute atomic E-state index is 0.369. The van der Waals surface area contributed by atoms with Crippen molar-refractivity contribution in [1.82, 2.24) is 9.97 Å². The lowest BCUT2D eigenvalue weighted by Gasteiger charge is -2.10. The van der Waals surface area contributed by atoms with Crippen molar-refractivity contribution in [2.75, 3.05) is 25.6 Å². The average molecular weight is 199 g/mol. The highest BCUT2D eigenvalue weighted by Crippen LogP contribution is 2.00. The summed E-state index contributed by atoms with van der Waals surface area (Å²) in [7, 11) is 1.66. The number of nitrogens with zero attached hydrogens (tertiary/aromatic N) is 2. The minimum Gasteiger partial charge on any atom is -0.384 e. The third-order valence-electron chi connectivity index (χ3n) is 1.68. The zero-order valence-electron chi connectivity index (χ0n) is 8.33. The van der Waals surface area contributed by atoms with Crippen LogP contribution in [0.2, 0.25) is 0 Å². The Balaban J connectivity index is 2.34. The molecule has 1 aromatic rings. The van der Waals surface area contributed by atoms with Gasteiger partial charge in [0.1, 0.15) is 0 Å². The molecule has 1 aromatic heterocycles. The summed E-state index contributed by atoms with van der Waals surface area (Å²) in [5.74, 6) is 0.378. The van der Waals surface area contributed by atoms with Gasteiger partial charge in [-0.15, -0.1) is 0 Å². The van der Waals surface area contributed by atoms with E-state index in [1.807, 2.05) is 6.92 Å². The molecule has 0 saturated carbocycles. The van der Waals surface area contributed by atoms with Crippen LogP contribution >= 0.6 is 0 Å². The first kappa shape index (κ1) is 10.8. The molecule has 0 aromatic carbocycles. The normalized spacial score (nSPS) is 12.5. The first-order chi connectivity index (χ1) is 6.72. The van der Waals surface area contributed by atoms with E-state index < -0.39 is 5.82 Å². The fraction of sp³-hybridized carbons (Fsp3) is 0.556. The number of hydrogen-bond acceptors (Lipinski definition) is 4. The Morgan fingerprint density at radius 3 is 2.71 bits per heavy atom. The molecule has 4 nitrogen and oxygen atoms in total. The monoisotopic (exact) mass is 199 g/mol. The average Bonchev–Trinajstić information content (AvgIpc) is 2.17. The summed E-state index contributed by atoms with van der Waals surface area (Å²) in [6.07, 6.45) is 2.27. The first-order valence-electron chi connectivity index (χ1n) is 4.42. The number of rotatable bonds is 5. The van der Waals surface area contributed by atoms with Crippen LogP contribution in [0, 0.1) is 11.7 Å². The second-order valence-corrected chi connectivity index (χ2v) is 3.17. The molecule has 0 aliphatic rings. The number of aromatic nitrogens is 2. The van der Waals surface area contributed by atoms with E-state index in [0.717, 1.165) is 12.4 Å². The molecule has 1 unspecified atom stereocenters. The summed E-state index contributed by atoms with van der Waals surface area (Å²) in [4.78, 5) is 7.54. The lowest BCUT2D eigenvalue weighted by molar-refractivity contribution is 0.164. The molecule has 0 spiro atoms. The van der Waals surface area contributed by atoms with Crippen molar-refractivity contribution < 1.29 is 9.13 Å². The Bertz CT molecular complexity index is 265. The van der Waals surface area contributed by atoms with Crippen molar-refractivity contribution in [2.24, 2.45) is 5.92 Å². The van der Waals surface area contributed by atoms with Crippen LogP contribution in [0.4, 0.5) is 10.3 Å². The Labute approximate surface area is 82.5 Å². The molecule has 1 atom stereocenters. The summed E-state index contributed by atoms with van der Waals surface area (Å²) in [5, 5.41) is 2.99. The molecule has 0 fully saturated rings. The van der Waals surface area contributed by atoms with Crippen molar-refractivity contribution in [3.05, 3.63) is 18.2 Å². The molecule has 0 radical (unpaired) electrons. The van der Waals surface area contributed by atoms with Gasteiger partial charge in [0.25, 0.3) is 0 Å². The summed E-state index contributed by atoms with van der Waals surface area (Å²) >= 11 is 0. The second kappa shape index (κ2) is 5.49. The van der Waals surface area contributed by atoms with Crippen molar-refractivity contribution in [2.45, 2.75) is 6.92 Å². The summed E-state index contributed by atoms with van der Waals surface area (Å²) < 4.78 is 17.4. The Morgan fingerprint density at radius 1 is 1.50 bits per heavy atom. The van der Waals surface area contributed by atoms with Gasteiger partial charge in [0.2, 0.25) is 5.95 Å². The zero-order chi connectivity index (χ0) is 10.4. The van der Waals surface area contributed by atoms with Gasteiger partial charge >= 0.3 is 0 Å². The number of halogens is 1. The van der Waals surface area contributed by atoms with Gasteiger partial charge in [-0.05, 0) is 5.92 Å². The molecule has 14 heavy (non-hydrogen) atoms. The standard InChI is InChI=1S/C9H14FN3O/c1-7(6-14-2)3-11-9-12-4-8(10)5-13-9/h4-5,7H,3,6H2,1-2H3,(H,11,12,13). The van der Waals surface area contributed by atoms with Gasteiger partial charge in [-0.3, -0.25) is 0 Å². The van der Waals surface area contributed by atoms with Crippen molar-refractivity contribution in [1.29, 1.82) is 0 Å². The predicted molar refractivity (Wildman–Crippen MR) is 51.5 cm³/mol. The lowest BCUT2D eigenvalue weighted by Crippen LogP contribution is -2.17. The third-order valence-corrected chi connectivity index (χ3v) is 1.68. The fourth-order valence-corrected chi connectivity index (χ4v) is 1.01. The van der Waals surface area contributed by atoms with Crippen LogP contribution in [-0.2, 0) is 4.74 Å². The van der Waals surface area contributed by atoms with Gasteiger partial charge in [0.15, 0.2) is 5.82 Å². The number of nitrogens with one attached hydrogen (secondary N) is 1. The van der Waals surface area contributed by atoms with Gasteiger partial charge in [0, 0.05) is 13.7 Å². The maximum Gasteiger partial charge on any atom is 0.222 e. The van der Waals surface area contributed by atoms with E-state index in [9.17, 15) is 4.39 Å². The van der Waals surface area contributed by atoms with Crippen molar-refractivity contribution in [3.63, 3.8) is 0 Å². The molecule has 5 heteroatoms. The Morgan fingerprint density at radius 2 is 2.14 bits per heavy atom. The zero-order valence-corrected chi connectivity index (χ0v) is 8.33. The Hall–Kier alpha value is -1.23. The van der Waals surface area contributed by atoms with Crippen molar-refractivity contribution in [3.8, 4) is 0 Å². The predicted octanol–water partition coefficient (Wildman–Crippen LogP) is 1.31. The number of hydrogen-bond donors (Lipinski definition) is 1. The smallest absolute Gasteiger partial charge is 0.222 e. The van der Waals surface area contributed by atoms with E-state index in [2.05, 4.69) is 15.3 Å².